The number of benzene rings is 4. The molecule has 54 heavy (non-hydrogen) atoms. The van der Waals surface area contributed by atoms with E-state index >= 15 is 0 Å². The SMILES string of the molecule is COC(=O)c1ccc(Cl)c(NNC(=O)[C@H](Cc2c[nH]c3ccccc23)NC(=O)[C@@H](Cc2ccc(-c3ccsc3)cc2)N(C)C(=O)c2cc(C)cc(C)c2)c1. The minimum absolute atomic E-state index is 0.121. The van der Waals surface area contributed by atoms with Gasteiger partial charge in [-0.3, -0.25) is 25.2 Å². The Morgan fingerprint density at radius 3 is 2.30 bits per heavy atom. The molecular weight excluding hydrogens is 722 g/mol. The van der Waals surface area contributed by atoms with Gasteiger partial charge in [0, 0.05) is 42.6 Å². The fraction of sp³-hybridized carbons (Fsp3) is 0.190. The summed E-state index contributed by atoms with van der Waals surface area (Å²) < 4.78 is 4.82. The van der Waals surface area contributed by atoms with Crippen LogP contribution in [0.3, 0.4) is 0 Å². The van der Waals surface area contributed by atoms with E-state index in [0.717, 1.165) is 44.3 Å². The highest BCUT2D eigenvalue weighted by Gasteiger charge is 2.32. The first kappa shape index (κ1) is 37.8. The van der Waals surface area contributed by atoms with E-state index in [1.54, 1.807) is 30.5 Å². The molecule has 0 aliphatic carbocycles. The first-order chi connectivity index (χ1) is 26.0. The summed E-state index contributed by atoms with van der Waals surface area (Å²) >= 11 is 8.00. The molecule has 0 aliphatic rings. The van der Waals surface area contributed by atoms with Gasteiger partial charge in [-0.1, -0.05) is 71.3 Å². The lowest BCUT2D eigenvalue weighted by Crippen LogP contribution is -2.56. The number of aromatic amines is 1. The summed E-state index contributed by atoms with van der Waals surface area (Å²) in [7, 11) is 2.88. The number of likely N-dealkylation sites (N-methyl/N-ethyl adjacent to an activating group) is 1. The van der Waals surface area contributed by atoms with Crippen LogP contribution in [0.5, 0.6) is 0 Å². The van der Waals surface area contributed by atoms with Gasteiger partial charge in [-0.25, -0.2) is 4.79 Å². The Hall–Kier alpha value is -5.91. The molecule has 0 unspecified atom stereocenters. The first-order valence-electron chi connectivity index (χ1n) is 17.3. The fourth-order valence-corrected chi connectivity index (χ4v) is 7.24. The van der Waals surface area contributed by atoms with Crippen molar-refractivity contribution in [1.29, 1.82) is 0 Å². The number of methoxy groups -OCH3 is 1. The molecule has 3 amide bonds. The molecule has 4 aromatic carbocycles. The molecule has 0 saturated carbocycles. The molecular formula is C42H40ClN5O5S. The van der Waals surface area contributed by atoms with E-state index in [2.05, 4.69) is 26.5 Å². The lowest BCUT2D eigenvalue weighted by atomic mass is 9.99. The second-order valence-corrected chi connectivity index (χ2v) is 14.3. The standard InChI is InChI=1S/C42H40ClN5O5S/c1-25-17-26(2)19-31(18-25)41(51)48(3)38(20-27-9-11-28(12-10-27)30-15-16-54-24-30)40(50)45-37(22-32-23-44-35-8-6-5-7-33(32)35)39(49)47-46-36-21-29(42(52)53-4)13-14-34(36)43/h5-19,21,23-24,37-38,44,46H,20,22H2,1-4H3,(H,45,50)(H,47,49)/t37-,38+/m0/s1. The summed E-state index contributed by atoms with van der Waals surface area (Å²) in [4.78, 5) is 59.4. The highest BCUT2D eigenvalue weighted by molar-refractivity contribution is 7.08. The van der Waals surface area contributed by atoms with Crippen molar-refractivity contribution >= 4 is 63.2 Å². The monoisotopic (exact) mass is 761 g/mol. The second kappa shape index (κ2) is 16.8. The van der Waals surface area contributed by atoms with Gasteiger partial charge in [0.1, 0.15) is 12.1 Å². The average Bonchev–Trinajstić information content (AvgIpc) is 3.86. The summed E-state index contributed by atoms with van der Waals surface area (Å²) in [5.41, 5.74) is 12.9. The summed E-state index contributed by atoms with van der Waals surface area (Å²) in [5, 5.41) is 8.20. The summed E-state index contributed by atoms with van der Waals surface area (Å²) in [6, 6.07) is 25.6. The van der Waals surface area contributed by atoms with E-state index in [-0.39, 0.29) is 35.0 Å². The molecule has 0 aliphatic heterocycles. The van der Waals surface area contributed by atoms with E-state index in [1.807, 2.05) is 86.1 Å². The first-order valence-corrected chi connectivity index (χ1v) is 18.6. The number of rotatable bonds is 13. The maximum Gasteiger partial charge on any atom is 0.337 e. The number of ether oxygens (including phenoxy) is 1. The van der Waals surface area contributed by atoms with Crippen molar-refractivity contribution in [3.05, 3.63) is 146 Å². The molecule has 2 atom stereocenters. The van der Waals surface area contributed by atoms with Crippen LogP contribution in [0.2, 0.25) is 5.02 Å². The van der Waals surface area contributed by atoms with E-state index in [0.29, 0.717) is 5.56 Å². The Labute approximate surface area is 322 Å². The van der Waals surface area contributed by atoms with Crippen LogP contribution in [0, 0.1) is 13.8 Å². The minimum Gasteiger partial charge on any atom is -0.465 e. The van der Waals surface area contributed by atoms with E-state index in [4.69, 9.17) is 16.3 Å². The summed E-state index contributed by atoms with van der Waals surface area (Å²) in [6.45, 7) is 3.84. The number of aromatic nitrogens is 1. The van der Waals surface area contributed by atoms with E-state index in [1.165, 1.54) is 30.2 Å². The van der Waals surface area contributed by atoms with Crippen LogP contribution in [0.1, 0.15) is 43.0 Å². The third kappa shape index (κ3) is 8.82. The number of para-hydroxylation sites is 1. The zero-order valence-corrected chi connectivity index (χ0v) is 31.8. The van der Waals surface area contributed by atoms with Crippen molar-refractivity contribution in [2.75, 3.05) is 19.6 Å². The lowest BCUT2D eigenvalue weighted by molar-refractivity contribution is -0.131. The van der Waals surface area contributed by atoms with Gasteiger partial charge in [0.2, 0.25) is 5.91 Å². The third-order valence-electron chi connectivity index (χ3n) is 9.24. The van der Waals surface area contributed by atoms with Crippen molar-refractivity contribution in [1.82, 2.24) is 20.6 Å². The van der Waals surface area contributed by atoms with Crippen LogP contribution in [0.25, 0.3) is 22.0 Å². The van der Waals surface area contributed by atoms with E-state index < -0.39 is 29.9 Å². The molecule has 2 aromatic heterocycles. The maximum atomic E-state index is 14.5. The third-order valence-corrected chi connectivity index (χ3v) is 10.2. The van der Waals surface area contributed by atoms with Gasteiger partial charge in [-0.15, -0.1) is 0 Å². The van der Waals surface area contributed by atoms with Gasteiger partial charge < -0.3 is 19.9 Å². The van der Waals surface area contributed by atoms with Crippen LogP contribution in [-0.2, 0) is 27.2 Å². The van der Waals surface area contributed by atoms with Crippen LogP contribution in [0.4, 0.5) is 5.69 Å². The number of halogens is 1. The molecule has 0 fully saturated rings. The number of fused-ring (bicyclic) bond motifs is 1. The number of nitrogens with zero attached hydrogens (tertiary/aromatic N) is 1. The van der Waals surface area contributed by atoms with Crippen molar-refractivity contribution in [2.45, 2.75) is 38.8 Å². The van der Waals surface area contributed by atoms with Crippen molar-refractivity contribution < 1.29 is 23.9 Å². The normalized spacial score (nSPS) is 12.1. The molecule has 0 saturated heterocycles. The molecule has 2 heterocycles. The summed E-state index contributed by atoms with van der Waals surface area (Å²) in [6.07, 6.45) is 2.12. The topological polar surface area (TPSA) is 133 Å². The molecule has 276 valence electrons. The number of H-pyrrole nitrogens is 1. The van der Waals surface area contributed by atoms with Crippen molar-refractivity contribution in [2.24, 2.45) is 0 Å². The zero-order chi connectivity index (χ0) is 38.4. The highest BCUT2D eigenvalue weighted by Crippen LogP contribution is 2.25. The molecule has 12 heteroatoms. The Bertz CT molecular complexity index is 2280. The number of esters is 1. The van der Waals surface area contributed by atoms with Gasteiger partial charge in [0.05, 0.1) is 23.4 Å². The number of aryl methyl sites for hydroxylation is 2. The molecule has 0 spiro atoms. The Morgan fingerprint density at radius 2 is 1.59 bits per heavy atom. The van der Waals surface area contributed by atoms with Crippen LogP contribution in [-0.4, -0.2) is 59.8 Å². The van der Waals surface area contributed by atoms with E-state index in [9.17, 15) is 19.2 Å². The Balaban J connectivity index is 1.30. The molecule has 10 nitrogen and oxygen atoms in total. The van der Waals surface area contributed by atoms with Crippen molar-refractivity contribution in [3.8, 4) is 11.1 Å². The molecule has 0 bridgehead atoms. The predicted molar refractivity (Wildman–Crippen MR) is 214 cm³/mol. The predicted octanol–water partition coefficient (Wildman–Crippen LogP) is 7.51. The number of nitrogens with one attached hydrogen (secondary N) is 4. The van der Waals surface area contributed by atoms with Crippen LogP contribution >= 0.6 is 22.9 Å². The number of carbonyl (C=O) groups excluding carboxylic acids is 4. The second-order valence-electron chi connectivity index (χ2n) is 13.1. The Kier molecular flexibility index (Phi) is 11.8. The van der Waals surface area contributed by atoms with Gasteiger partial charge >= 0.3 is 5.97 Å². The quantitative estimate of drug-likeness (QED) is 0.0712. The largest absolute Gasteiger partial charge is 0.465 e. The average molecular weight is 762 g/mol. The fourth-order valence-electron chi connectivity index (χ4n) is 6.41. The van der Waals surface area contributed by atoms with Gasteiger partial charge in [-0.05, 0) is 89.3 Å². The number of hydrazine groups is 1. The molecule has 6 aromatic rings. The number of thiophene rings is 1. The van der Waals surface area contributed by atoms with Gasteiger partial charge in [-0.2, -0.15) is 11.3 Å². The molecule has 0 radical (unpaired) electrons. The van der Waals surface area contributed by atoms with Gasteiger partial charge in [0.25, 0.3) is 11.8 Å². The number of carbonyl (C=O) groups is 4. The highest BCUT2D eigenvalue weighted by atomic mass is 35.5. The van der Waals surface area contributed by atoms with Crippen molar-refractivity contribution in [3.63, 3.8) is 0 Å². The maximum absolute atomic E-state index is 14.5. The minimum atomic E-state index is -1.10. The Morgan fingerprint density at radius 1 is 0.852 bits per heavy atom. The number of hydrogen-bond acceptors (Lipinski definition) is 7. The summed E-state index contributed by atoms with van der Waals surface area (Å²) in [5.74, 6) is -1.98. The zero-order valence-electron chi connectivity index (χ0n) is 30.2. The van der Waals surface area contributed by atoms with Gasteiger partial charge in [0.15, 0.2) is 0 Å². The van der Waals surface area contributed by atoms with Crippen LogP contribution in [0.15, 0.2) is 108 Å². The number of hydrogen-bond donors (Lipinski definition) is 4. The number of amides is 3. The smallest absolute Gasteiger partial charge is 0.337 e. The number of anilines is 1. The lowest BCUT2D eigenvalue weighted by Gasteiger charge is -2.30. The molecule has 6 rings (SSSR count). The molecule has 4 N–H and O–H groups in total. The van der Waals surface area contributed by atoms with Crippen LogP contribution < -0.4 is 16.2 Å².